The zero-order chi connectivity index (χ0) is 15.9. The fourth-order valence-corrected chi connectivity index (χ4v) is 4.64. The van der Waals surface area contributed by atoms with Crippen molar-refractivity contribution in [2.45, 2.75) is 35.2 Å². The third-order valence-corrected chi connectivity index (χ3v) is 6.48. The lowest BCUT2D eigenvalue weighted by atomic mass is 9.92. The Kier molecular flexibility index (Phi) is 4.18. The molecule has 0 aliphatic carbocycles. The number of hydrogen-bond donors (Lipinski definition) is 1. The largest absolute Gasteiger partial charge is 0.387 e. The first-order valence-electron chi connectivity index (χ1n) is 6.61. The van der Waals surface area contributed by atoms with Crippen LogP contribution in [-0.2, 0) is 19.9 Å². The maximum Gasteiger partial charge on any atom is 0.243 e. The molecule has 1 aliphatic rings. The summed E-state index contributed by atoms with van der Waals surface area (Å²) in [5.74, 6) is 0. The number of aliphatic hydroxyl groups is 1. The van der Waals surface area contributed by atoms with E-state index in [1.54, 1.807) is 0 Å². The number of sulfone groups is 1. The van der Waals surface area contributed by atoms with Crippen molar-refractivity contribution in [1.29, 1.82) is 0 Å². The van der Waals surface area contributed by atoms with Crippen molar-refractivity contribution in [3.8, 4) is 0 Å². The molecule has 1 fully saturated rings. The van der Waals surface area contributed by atoms with Gasteiger partial charge in [-0.3, -0.25) is 0 Å². The van der Waals surface area contributed by atoms with Gasteiger partial charge in [0.05, 0.1) is 15.4 Å². The molecule has 8 heteroatoms. The average molecular weight is 333 g/mol. The van der Waals surface area contributed by atoms with Crippen LogP contribution in [0.25, 0.3) is 0 Å². The molecule has 0 saturated carbocycles. The van der Waals surface area contributed by atoms with Gasteiger partial charge >= 0.3 is 0 Å². The van der Waals surface area contributed by atoms with Crippen molar-refractivity contribution in [2.75, 3.05) is 19.3 Å². The van der Waals surface area contributed by atoms with Crippen LogP contribution >= 0.6 is 0 Å². The molecule has 0 radical (unpaired) electrons. The van der Waals surface area contributed by atoms with Gasteiger partial charge in [-0.1, -0.05) is 13.3 Å². The minimum atomic E-state index is -3.68. The highest BCUT2D eigenvalue weighted by molar-refractivity contribution is 7.90. The Morgan fingerprint density at radius 1 is 1.10 bits per heavy atom. The normalized spacial score (nSPS) is 19.2. The molecule has 0 spiro atoms. The zero-order valence-corrected chi connectivity index (χ0v) is 13.6. The van der Waals surface area contributed by atoms with Crippen LogP contribution in [0, 0.1) is 0 Å². The highest BCUT2D eigenvalue weighted by Crippen LogP contribution is 2.31. The maximum absolute atomic E-state index is 12.3. The van der Waals surface area contributed by atoms with Crippen LogP contribution in [0.2, 0.25) is 0 Å². The predicted octanol–water partition coefficient (Wildman–Crippen LogP) is 0.626. The molecule has 0 atom stereocenters. The molecule has 0 unspecified atom stereocenters. The van der Waals surface area contributed by atoms with E-state index in [4.69, 9.17) is 0 Å². The molecular weight excluding hydrogens is 314 g/mol. The van der Waals surface area contributed by atoms with E-state index in [9.17, 15) is 21.9 Å². The zero-order valence-electron chi connectivity index (χ0n) is 12.0. The van der Waals surface area contributed by atoms with E-state index in [1.165, 1.54) is 28.6 Å². The summed E-state index contributed by atoms with van der Waals surface area (Å²) in [4.78, 5) is 0.112. The molecule has 1 heterocycles. The van der Waals surface area contributed by atoms with Crippen LogP contribution in [0.5, 0.6) is 0 Å². The molecular formula is C13H19NO5S2. The van der Waals surface area contributed by atoms with Crippen LogP contribution in [-0.4, -0.2) is 51.2 Å². The molecule has 1 aromatic rings. The average Bonchev–Trinajstić information content (AvgIpc) is 2.35. The summed E-state index contributed by atoms with van der Waals surface area (Å²) in [5.41, 5.74) is -0.936. The molecule has 0 amide bonds. The molecule has 1 saturated heterocycles. The third-order valence-electron chi connectivity index (χ3n) is 3.55. The van der Waals surface area contributed by atoms with Crippen molar-refractivity contribution < 1.29 is 21.9 Å². The highest BCUT2D eigenvalue weighted by atomic mass is 32.2. The Balaban J connectivity index is 2.19. The molecule has 1 aromatic carbocycles. The van der Waals surface area contributed by atoms with E-state index >= 15 is 0 Å². The second-order valence-corrected chi connectivity index (χ2v) is 9.44. The van der Waals surface area contributed by atoms with Gasteiger partial charge in [-0.2, -0.15) is 4.31 Å². The summed E-state index contributed by atoms with van der Waals surface area (Å²) in [7, 11) is -7.03. The van der Waals surface area contributed by atoms with E-state index < -0.39 is 25.5 Å². The smallest absolute Gasteiger partial charge is 0.243 e. The second-order valence-electron chi connectivity index (χ2n) is 5.49. The molecule has 2 rings (SSSR count). The van der Waals surface area contributed by atoms with E-state index in [0.29, 0.717) is 6.42 Å². The first-order valence-corrected chi connectivity index (χ1v) is 9.94. The van der Waals surface area contributed by atoms with E-state index in [1.807, 2.05) is 6.92 Å². The molecule has 21 heavy (non-hydrogen) atoms. The number of rotatable bonds is 5. The highest BCUT2D eigenvalue weighted by Gasteiger charge is 2.46. The summed E-state index contributed by atoms with van der Waals surface area (Å²) in [6.45, 7) is 2.09. The molecule has 0 aromatic heterocycles. The number of β-amino-alcohol motifs (C(OH)–C–C–N with tert-alkyl or cyclic N) is 1. The summed E-state index contributed by atoms with van der Waals surface area (Å²) in [5, 5.41) is 10.1. The Hall–Kier alpha value is -0.960. The first-order chi connectivity index (χ1) is 9.58. The van der Waals surface area contributed by atoms with Crippen molar-refractivity contribution in [2.24, 2.45) is 0 Å². The second kappa shape index (κ2) is 5.35. The lowest BCUT2D eigenvalue weighted by molar-refractivity contribution is -0.0653. The monoisotopic (exact) mass is 333 g/mol. The van der Waals surface area contributed by atoms with Crippen LogP contribution in [0.3, 0.4) is 0 Å². The fourth-order valence-electron chi connectivity index (χ4n) is 2.41. The van der Waals surface area contributed by atoms with Crippen LogP contribution < -0.4 is 0 Å². The van der Waals surface area contributed by atoms with Crippen molar-refractivity contribution >= 4 is 19.9 Å². The lowest BCUT2D eigenvalue weighted by Gasteiger charge is -2.45. The van der Waals surface area contributed by atoms with E-state index in [0.717, 1.165) is 12.7 Å². The third kappa shape index (κ3) is 3.28. The van der Waals surface area contributed by atoms with Crippen LogP contribution in [0.4, 0.5) is 0 Å². The van der Waals surface area contributed by atoms with Crippen LogP contribution in [0.1, 0.15) is 19.8 Å². The number of sulfonamides is 1. The molecule has 1 aliphatic heterocycles. The van der Waals surface area contributed by atoms with E-state index in [-0.39, 0.29) is 22.9 Å². The van der Waals surface area contributed by atoms with Gasteiger partial charge in [-0.15, -0.1) is 0 Å². The first kappa shape index (κ1) is 16.4. The van der Waals surface area contributed by atoms with Crippen molar-refractivity contribution in [1.82, 2.24) is 4.31 Å². The lowest BCUT2D eigenvalue weighted by Crippen LogP contribution is -2.63. The fraction of sp³-hybridized carbons (Fsp3) is 0.538. The minimum Gasteiger partial charge on any atom is -0.387 e. The van der Waals surface area contributed by atoms with E-state index in [2.05, 4.69) is 0 Å². The van der Waals surface area contributed by atoms with Gasteiger partial charge in [0.15, 0.2) is 9.84 Å². The van der Waals surface area contributed by atoms with Gasteiger partial charge in [0.25, 0.3) is 0 Å². The predicted molar refractivity (Wildman–Crippen MR) is 78.2 cm³/mol. The van der Waals surface area contributed by atoms with Gasteiger partial charge in [0.1, 0.15) is 0 Å². The maximum atomic E-state index is 12.3. The Morgan fingerprint density at radius 3 is 2.00 bits per heavy atom. The Bertz CT molecular complexity index is 716. The standard InChI is InChI=1S/C13H19NO5S2/c1-3-8-13(15)9-14(10-13)21(18,19)12-6-4-11(5-7-12)20(2,16)17/h4-7,15H,3,8-10H2,1-2H3. The van der Waals surface area contributed by atoms with Gasteiger partial charge in [0.2, 0.25) is 10.0 Å². The Labute approximate surface area is 125 Å². The summed E-state index contributed by atoms with van der Waals surface area (Å²) in [6, 6.07) is 5.12. The topological polar surface area (TPSA) is 91.8 Å². The molecule has 6 nitrogen and oxygen atoms in total. The molecule has 0 bridgehead atoms. The minimum absolute atomic E-state index is 0.0356. The molecule has 1 N–H and O–H groups in total. The van der Waals surface area contributed by atoms with Crippen LogP contribution in [0.15, 0.2) is 34.1 Å². The van der Waals surface area contributed by atoms with Gasteiger partial charge < -0.3 is 5.11 Å². The number of hydrogen-bond acceptors (Lipinski definition) is 5. The van der Waals surface area contributed by atoms with Gasteiger partial charge in [-0.25, -0.2) is 16.8 Å². The Morgan fingerprint density at radius 2 is 1.57 bits per heavy atom. The summed E-state index contributed by atoms with van der Waals surface area (Å²) >= 11 is 0. The quantitative estimate of drug-likeness (QED) is 0.853. The SMILES string of the molecule is CCCC1(O)CN(S(=O)(=O)c2ccc(S(C)(=O)=O)cc2)C1. The van der Waals surface area contributed by atoms with Crippen molar-refractivity contribution in [3.63, 3.8) is 0 Å². The number of benzene rings is 1. The van der Waals surface area contributed by atoms with Gasteiger partial charge in [-0.05, 0) is 30.7 Å². The van der Waals surface area contributed by atoms with Gasteiger partial charge in [0, 0.05) is 19.3 Å². The number of nitrogens with zero attached hydrogens (tertiary/aromatic N) is 1. The van der Waals surface area contributed by atoms with Crippen molar-refractivity contribution in [3.05, 3.63) is 24.3 Å². The molecule has 118 valence electrons. The summed E-state index contributed by atoms with van der Waals surface area (Å²) < 4.78 is 48.6. The summed E-state index contributed by atoms with van der Waals surface area (Å²) in [6.07, 6.45) is 2.41.